The maximum absolute atomic E-state index is 12.7. The molecule has 4 heterocycles. The Hall–Kier alpha value is -0.610. The summed E-state index contributed by atoms with van der Waals surface area (Å²) in [5, 5.41) is 9.91. The first-order valence-electron chi connectivity index (χ1n) is 7.96. The van der Waals surface area contributed by atoms with Crippen molar-refractivity contribution in [3.63, 3.8) is 0 Å². The van der Waals surface area contributed by atoms with Crippen LogP contribution in [0.4, 0.5) is 0 Å². The number of hydrogen-bond acceptors (Lipinski definition) is 3. The molecule has 0 radical (unpaired) electrons. The van der Waals surface area contributed by atoms with Gasteiger partial charge in [0.25, 0.3) is 0 Å². The minimum absolute atomic E-state index is 0.169. The highest BCUT2D eigenvalue weighted by atomic mass is 16.3. The molecule has 0 aromatic heterocycles. The summed E-state index contributed by atoms with van der Waals surface area (Å²) in [4.78, 5) is 17.5. The summed E-state index contributed by atoms with van der Waals surface area (Å²) >= 11 is 0. The van der Waals surface area contributed by atoms with E-state index < -0.39 is 0 Å². The van der Waals surface area contributed by atoms with E-state index in [1.165, 1.54) is 19.3 Å². The van der Waals surface area contributed by atoms with Crippen LogP contribution in [0.3, 0.4) is 0 Å². The predicted molar refractivity (Wildman–Crippen MR) is 71.6 cm³/mol. The van der Waals surface area contributed by atoms with Crippen LogP contribution in [0.1, 0.15) is 38.5 Å². The molecule has 1 N–H and O–H groups in total. The first kappa shape index (κ1) is 12.2. The third-order valence-corrected chi connectivity index (χ3v) is 5.92. The molecule has 2 bridgehead atoms. The van der Waals surface area contributed by atoms with Gasteiger partial charge in [-0.15, -0.1) is 0 Å². The van der Waals surface area contributed by atoms with E-state index in [9.17, 15) is 9.90 Å². The van der Waals surface area contributed by atoms with E-state index in [-0.39, 0.29) is 12.0 Å². The van der Waals surface area contributed by atoms with Crippen LogP contribution in [-0.4, -0.2) is 58.6 Å². The Morgan fingerprint density at radius 2 is 1.95 bits per heavy atom. The fourth-order valence-corrected chi connectivity index (χ4v) is 5.01. The van der Waals surface area contributed by atoms with Crippen LogP contribution >= 0.6 is 0 Å². The third kappa shape index (κ3) is 1.83. The predicted octanol–water partition coefficient (Wildman–Crippen LogP) is 0.842. The molecule has 0 aromatic carbocycles. The minimum atomic E-state index is -0.190. The van der Waals surface area contributed by atoms with Crippen LogP contribution in [0.5, 0.6) is 0 Å². The van der Waals surface area contributed by atoms with Gasteiger partial charge in [0, 0.05) is 31.7 Å². The van der Waals surface area contributed by atoms with E-state index in [1.807, 2.05) is 0 Å². The van der Waals surface area contributed by atoms with Gasteiger partial charge in [0.1, 0.15) is 0 Å². The largest absolute Gasteiger partial charge is 0.393 e. The van der Waals surface area contributed by atoms with Crippen LogP contribution in [0.25, 0.3) is 0 Å². The lowest BCUT2D eigenvalue weighted by Gasteiger charge is -2.56. The summed E-state index contributed by atoms with van der Waals surface area (Å²) in [5.74, 6) is 1.25. The summed E-state index contributed by atoms with van der Waals surface area (Å²) in [5.41, 5.74) is 0. The Bertz CT molecular complexity index is 386. The van der Waals surface area contributed by atoms with Gasteiger partial charge >= 0.3 is 0 Å². The number of carbonyl (C=O) groups is 1. The molecule has 0 saturated carbocycles. The van der Waals surface area contributed by atoms with Gasteiger partial charge in [-0.1, -0.05) is 0 Å². The number of aliphatic hydroxyl groups excluding tert-OH is 1. The molecule has 5 unspecified atom stereocenters. The summed E-state index contributed by atoms with van der Waals surface area (Å²) < 4.78 is 0. The highest BCUT2D eigenvalue weighted by Gasteiger charge is 2.51. The monoisotopic (exact) mass is 264 g/mol. The zero-order valence-corrected chi connectivity index (χ0v) is 11.5. The highest BCUT2D eigenvalue weighted by molar-refractivity contribution is 5.81. The van der Waals surface area contributed by atoms with Crippen molar-refractivity contribution in [2.24, 2.45) is 11.8 Å². The molecule has 4 heteroatoms. The molecule has 19 heavy (non-hydrogen) atoms. The molecule has 0 spiro atoms. The second-order valence-electron chi connectivity index (χ2n) is 6.94. The number of carbonyl (C=O) groups excluding carboxylic acids is 1. The number of nitrogens with zero attached hydrogens (tertiary/aromatic N) is 2. The van der Waals surface area contributed by atoms with Crippen LogP contribution in [0, 0.1) is 11.8 Å². The Labute approximate surface area is 114 Å². The van der Waals surface area contributed by atoms with Crippen molar-refractivity contribution < 1.29 is 9.90 Å². The zero-order chi connectivity index (χ0) is 13.0. The lowest BCUT2D eigenvalue weighted by atomic mass is 9.70. The fourth-order valence-electron chi connectivity index (χ4n) is 5.01. The maximum Gasteiger partial charge on any atom is 0.227 e. The SMILES string of the molecule is O=C1C2CC(CN3CCC(O)CC23)C2CCCCN12. The second-order valence-corrected chi connectivity index (χ2v) is 6.94. The average molecular weight is 264 g/mol. The van der Waals surface area contributed by atoms with Crippen molar-refractivity contribution in [3.8, 4) is 0 Å². The van der Waals surface area contributed by atoms with Crippen LogP contribution in [-0.2, 0) is 4.79 Å². The number of piperidine rings is 4. The Morgan fingerprint density at radius 1 is 1.05 bits per heavy atom. The van der Waals surface area contributed by atoms with E-state index in [4.69, 9.17) is 0 Å². The number of amides is 1. The standard InChI is InChI=1S/C15H24N2O2/c18-11-4-6-16-9-10-7-12(14(16)8-11)15(19)17-5-2-1-3-13(10)17/h10-14,18H,1-9H2. The molecular formula is C15H24N2O2. The Morgan fingerprint density at radius 3 is 2.84 bits per heavy atom. The van der Waals surface area contributed by atoms with Gasteiger partial charge in [-0.05, 0) is 44.4 Å². The molecule has 0 aliphatic carbocycles. The number of fused-ring (bicyclic) bond motifs is 6. The molecule has 4 nitrogen and oxygen atoms in total. The van der Waals surface area contributed by atoms with Crippen molar-refractivity contribution in [2.75, 3.05) is 19.6 Å². The van der Waals surface area contributed by atoms with Gasteiger partial charge in [-0.25, -0.2) is 0 Å². The van der Waals surface area contributed by atoms with Crippen LogP contribution in [0.2, 0.25) is 0 Å². The second kappa shape index (κ2) is 4.45. The van der Waals surface area contributed by atoms with Gasteiger partial charge in [-0.2, -0.15) is 0 Å². The first-order valence-corrected chi connectivity index (χ1v) is 7.96. The fraction of sp³-hybridized carbons (Fsp3) is 0.933. The maximum atomic E-state index is 12.7. The molecule has 4 aliphatic rings. The normalized spacial score (nSPS) is 46.7. The van der Waals surface area contributed by atoms with Crippen molar-refractivity contribution >= 4 is 5.91 Å². The lowest BCUT2D eigenvalue weighted by molar-refractivity contribution is -0.160. The highest BCUT2D eigenvalue weighted by Crippen LogP contribution is 2.43. The quantitative estimate of drug-likeness (QED) is 0.705. The Kier molecular flexibility index (Phi) is 2.85. The van der Waals surface area contributed by atoms with E-state index in [1.54, 1.807) is 0 Å². The zero-order valence-electron chi connectivity index (χ0n) is 11.5. The number of rotatable bonds is 0. The summed E-state index contributed by atoms with van der Waals surface area (Å²) in [6.07, 6.45) is 6.26. The summed E-state index contributed by atoms with van der Waals surface area (Å²) in [7, 11) is 0. The molecule has 1 amide bonds. The molecule has 4 rings (SSSR count). The van der Waals surface area contributed by atoms with Gasteiger partial charge in [0.05, 0.1) is 12.0 Å². The Balaban J connectivity index is 1.62. The van der Waals surface area contributed by atoms with Crippen LogP contribution < -0.4 is 0 Å². The summed E-state index contributed by atoms with van der Waals surface area (Å²) in [6.45, 7) is 3.12. The molecule has 106 valence electrons. The van der Waals surface area contributed by atoms with Gasteiger partial charge in [-0.3, -0.25) is 9.69 Å². The van der Waals surface area contributed by atoms with E-state index >= 15 is 0 Å². The van der Waals surface area contributed by atoms with E-state index in [0.29, 0.717) is 23.9 Å². The smallest absolute Gasteiger partial charge is 0.227 e. The van der Waals surface area contributed by atoms with Gasteiger partial charge in [0.15, 0.2) is 0 Å². The lowest BCUT2D eigenvalue weighted by Crippen LogP contribution is -2.66. The average Bonchev–Trinajstić information content (AvgIpc) is 2.45. The molecule has 0 aromatic rings. The molecular weight excluding hydrogens is 240 g/mol. The van der Waals surface area contributed by atoms with E-state index in [2.05, 4.69) is 9.80 Å². The van der Waals surface area contributed by atoms with Crippen molar-refractivity contribution in [1.82, 2.24) is 9.80 Å². The van der Waals surface area contributed by atoms with Gasteiger partial charge < -0.3 is 10.0 Å². The third-order valence-electron chi connectivity index (χ3n) is 5.92. The topological polar surface area (TPSA) is 43.8 Å². The minimum Gasteiger partial charge on any atom is -0.393 e. The van der Waals surface area contributed by atoms with Crippen molar-refractivity contribution in [1.29, 1.82) is 0 Å². The van der Waals surface area contributed by atoms with E-state index in [0.717, 1.165) is 38.9 Å². The van der Waals surface area contributed by atoms with Crippen molar-refractivity contribution in [3.05, 3.63) is 0 Å². The molecule has 4 aliphatic heterocycles. The molecule has 5 atom stereocenters. The number of hydrogen-bond donors (Lipinski definition) is 1. The first-order chi connectivity index (χ1) is 9.24. The number of aliphatic hydroxyl groups is 1. The van der Waals surface area contributed by atoms with Gasteiger partial charge in [0.2, 0.25) is 5.91 Å². The van der Waals surface area contributed by atoms with Crippen molar-refractivity contribution in [2.45, 2.75) is 56.7 Å². The molecule has 4 saturated heterocycles. The molecule has 4 fully saturated rings. The summed E-state index contributed by atoms with van der Waals surface area (Å²) in [6, 6.07) is 0.834. The van der Waals surface area contributed by atoms with Crippen LogP contribution in [0.15, 0.2) is 0 Å².